The summed E-state index contributed by atoms with van der Waals surface area (Å²) in [5.41, 5.74) is 4.86. The van der Waals surface area contributed by atoms with Gasteiger partial charge in [-0.3, -0.25) is 0 Å². The Hall–Kier alpha value is -1.65. The Morgan fingerprint density at radius 2 is 1.83 bits per heavy atom. The first-order valence-electron chi connectivity index (χ1n) is 8.61. The molecule has 2 rings (SSSR count). The first-order valence-corrected chi connectivity index (χ1v) is 9.43. The normalized spacial score (nSPS) is 12.0. The molecule has 0 N–H and O–H groups in total. The minimum absolute atomic E-state index is 0.633. The summed E-state index contributed by atoms with van der Waals surface area (Å²) in [5.74, 6) is 0. The number of aryl methyl sites for hydroxylation is 2. The van der Waals surface area contributed by atoms with E-state index in [2.05, 4.69) is 68.1 Å². The lowest BCUT2D eigenvalue weighted by atomic mass is 10.1. The molecular formula is C20H28N2OS. The van der Waals surface area contributed by atoms with Gasteiger partial charge in [0.15, 0.2) is 0 Å². The number of nitrogens with zero attached hydrogens (tertiary/aromatic N) is 2. The fraction of sp³-hybridized carbons (Fsp3) is 0.450. The van der Waals surface area contributed by atoms with Crippen LogP contribution in [-0.4, -0.2) is 36.9 Å². The Balaban J connectivity index is 1.98. The highest BCUT2D eigenvalue weighted by atomic mass is 32.1. The molecule has 0 radical (unpaired) electrons. The van der Waals surface area contributed by atoms with E-state index < -0.39 is 0 Å². The molecule has 24 heavy (non-hydrogen) atoms. The zero-order valence-corrected chi connectivity index (χ0v) is 16.2. The van der Waals surface area contributed by atoms with Gasteiger partial charge < -0.3 is 9.74 Å². The van der Waals surface area contributed by atoms with Crippen LogP contribution >= 0.6 is 11.3 Å². The summed E-state index contributed by atoms with van der Waals surface area (Å²) in [7, 11) is 0. The molecule has 0 atom stereocenters. The van der Waals surface area contributed by atoms with Crippen molar-refractivity contribution < 1.29 is 4.84 Å². The fourth-order valence-electron chi connectivity index (χ4n) is 2.48. The largest absolute Gasteiger partial charge is 0.394 e. The van der Waals surface area contributed by atoms with Crippen LogP contribution in [0.15, 0.2) is 35.5 Å². The molecule has 2 aromatic rings. The standard InChI is InChI=1S/C20H28N2OS/c1-6-22(7-2)12-13-23-21-17(5)19-10-11-20(24-19)18-9-8-15(3)16(4)14-18/h8-11,14H,6-7,12-13H2,1-5H3/b21-17+. The molecule has 1 heterocycles. The maximum atomic E-state index is 5.49. The maximum absolute atomic E-state index is 5.49. The highest BCUT2D eigenvalue weighted by molar-refractivity contribution is 7.17. The molecule has 0 aliphatic rings. The molecule has 1 aromatic heterocycles. The molecule has 0 fully saturated rings. The van der Waals surface area contributed by atoms with Crippen molar-refractivity contribution in [3.63, 3.8) is 0 Å². The Kier molecular flexibility index (Phi) is 7.00. The number of likely N-dealkylation sites (N-methyl/N-ethyl adjacent to an activating group) is 1. The monoisotopic (exact) mass is 344 g/mol. The lowest BCUT2D eigenvalue weighted by Crippen LogP contribution is -2.26. The Morgan fingerprint density at radius 1 is 1.08 bits per heavy atom. The molecule has 3 nitrogen and oxygen atoms in total. The van der Waals surface area contributed by atoms with Crippen molar-refractivity contribution in [2.75, 3.05) is 26.2 Å². The third kappa shape index (κ3) is 4.92. The van der Waals surface area contributed by atoms with Crippen LogP contribution in [0.4, 0.5) is 0 Å². The molecule has 4 heteroatoms. The van der Waals surface area contributed by atoms with Crippen molar-refractivity contribution in [1.82, 2.24) is 4.90 Å². The molecule has 0 amide bonds. The van der Waals surface area contributed by atoms with Gasteiger partial charge in [-0.1, -0.05) is 37.2 Å². The van der Waals surface area contributed by atoms with E-state index in [1.54, 1.807) is 11.3 Å². The summed E-state index contributed by atoms with van der Waals surface area (Å²) in [6, 6.07) is 10.9. The van der Waals surface area contributed by atoms with Gasteiger partial charge in [0, 0.05) is 11.4 Å². The van der Waals surface area contributed by atoms with E-state index in [-0.39, 0.29) is 0 Å². The quantitative estimate of drug-likeness (QED) is 0.377. The second-order valence-corrected chi connectivity index (χ2v) is 7.08. The van der Waals surface area contributed by atoms with Gasteiger partial charge in [0.1, 0.15) is 6.61 Å². The van der Waals surface area contributed by atoms with E-state index in [9.17, 15) is 0 Å². The molecule has 0 saturated heterocycles. The number of thiophene rings is 1. The number of hydrogen-bond donors (Lipinski definition) is 0. The second-order valence-electron chi connectivity index (χ2n) is 6.00. The summed E-state index contributed by atoms with van der Waals surface area (Å²) < 4.78 is 0. The summed E-state index contributed by atoms with van der Waals surface area (Å²) in [4.78, 5) is 10.2. The first kappa shape index (κ1) is 18.7. The van der Waals surface area contributed by atoms with Gasteiger partial charge in [0.2, 0.25) is 0 Å². The van der Waals surface area contributed by atoms with Crippen LogP contribution in [0.25, 0.3) is 10.4 Å². The average molecular weight is 345 g/mol. The van der Waals surface area contributed by atoms with Crippen LogP contribution in [0.5, 0.6) is 0 Å². The summed E-state index contributed by atoms with van der Waals surface area (Å²) in [6.45, 7) is 14.3. The van der Waals surface area contributed by atoms with E-state index in [0.29, 0.717) is 6.61 Å². The lowest BCUT2D eigenvalue weighted by Gasteiger charge is -2.16. The van der Waals surface area contributed by atoms with Crippen LogP contribution in [0.3, 0.4) is 0 Å². The number of rotatable bonds is 8. The molecule has 0 unspecified atom stereocenters. The van der Waals surface area contributed by atoms with Gasteiger partial charge in [0.25, 0.3) is 0 Å². The molecule has 130 valence electrons. The minimum atomic E-state index is 0.633. The van der Waals surface area contributed by atoms with Crippen LogP contribution in [0.1, 0.15) is 36.8 Å². The smallest absolute Gasteiger partial charge is 0.129 e. The van der Waals surface area contributed by atoms with Gasteiger partial charge >= 0.3 is 0 Å². The van der Waals surface area contributed by atoms with Crippen molar-refractivity contribution in [1.29, 1.82) is 0 Å². The van der Waals surface area contributed by atoms with Gasteiger partial charge in [0.05, 0.1) is 10.6 Å². The Labute approximate surface area is 150 Å². The summed E-state index contributed by atoms with van der Waals surface area (Å²) in [5, 5.41) is 4.27. The highest BCUT2D eigenvalue weighted by Crippen LogP contribution is 2.29. The predicted octanol–water partition coefficient (Wildman–Crippen LogP) is 5.11. The summed E-state index contributed by atoms with van der Waals surface area (Å²) in [6.07, 6.45) is 0. The van der Waals surface area contributed by atoms with Crippen molar-refractivity contribution in [3.8, 4) is 10.4 Å². The van der Waals surface area contributed by atoms with Crippen molar-refractivity contribution in [2.24, 2.45) is 5.16 Å². The number of benzene rings is 1. The minimum Gasteiger partial charge on any atom is -0.394 e. The SMILES string of the molecule is CCN(CC)CCO/N=C(\C)c1ccc(-c2ccc(C)c(C)c2)s1. The van der Waals surface area contributed by atoms with Crippen LogP contribution in [0.2, 0.25) is 0 Å². The molecule has 0 saturated carbocycles. The van der Waals surface area contributed by atoms with Crippen molar-refractivity contribution in [2.45, 2.75) is 34.6 Å². The predicted molar refractivity (Wildman–Crippen MR) is 105 cm³/mol. The van der Waals surface area contributed by atoms with E-state index >= 15 is 0 Å². The van der Waals surface area contributed by atoms with Crippen LogP contribution in [0, 0.1) is 13.8 Å². The Bertz CT molecular complexity index is 687. The molecule has 0 bridgehead atoms. The molecular weight excluding hydrogens is 316 g/mol. The van der Waals surface area contributed by atoms with E-state index in [1.807, 2.05) is 6.92 Å². The number of oxime groups is 1. The van der Waals surface area contributed by atoms with Gasteiger partial charge in [-0.05, 0) is 62.7 Å². The van der Waals surface area contributed by atoms with Crippen molar-refractivity contribution >= 4 is 17.0 Å². The topological polar surface area (TPSA) is 24.8 Å². The molecule has 0 aliphatic carbocycles. The third-order valence-corrected chi connectivity index (χ3v) is 5.59. The van der Waals surface area contributed by atoms with E-state index in [4.69, 9.17) is 4.84 Å². The van der Waals surface area contributed by atoms with Crippen molar-refractivity contribution in [3.05, 3.63) is 46.3 Å². The molecule has 1 aromatic carbocycles. The van der Waals surface area contributed by atoms with Crippen LogP contribution in [-0.2, 0) is 4.84 Å². The van der Waals surface area contributed by atoms with Crippen LogP contribution < -0.4 is 0 Å². The molecule has 0 aliphatic heterocycles. The zero-order valence-electron chi connectivity index (χ0n) is 15.4. The van der Waals surface area contributed by atoms with Gasteiger partial charge in [-0.15, -0.1) is 11.3 Å². The van der Waals surface area contributed by atoms with E-state index in [0.717, 1.165) is 30.2 Å². The van der Waals surface area contributed by atoms with Gasteiger partial charge in [-0.2, -0.15) is 0 Å². The zero-order chi connectivity index (χ0) is 17.5. The first-order chi connectivity index (χ1) is 11.5. The lowest BCUT2D eigenvalue weighted by molar-refractivity contribution is 0.114. The maximum Gasteiger partial charge on any atom is 0.129 e. The highest BCUT2D eigenvalue weighted by Gasteiger charge is 2.07. The average Bonchev–Trinajstić information content (AvgIpc) is 3.07. The van der Waals surface area contributed by atoms with E-state index in [1.165, 1.54) is 21.6 Å². The number of hydrogen-bond acceptors (Lipinski definition) is 4. The Morgan fingerprint density at radius 3 is 2.50 bits per heavy atom. The summed E-state index contributed by atoms with van der Waals surface area (Å²) >= 11 is 1.76. The fourth-order valence-corrected chi connectivity index (χ4v) is 3.42. The molecule has 0 spiro atoms. The third-order valence-electron chi connectivity index (χ3n) is 4.35. The second kappa shape index (κ2) is 9.00. The van der Waals surface area contributed by atoms with Gasteiger partial charge in [-0.25, -0.2) is 0 Å².